The smallest absolute Gasteiger partial charge is 0.189 e. The Bertz CT molecular complexity index is 349. The standard InChI is InChI=1S/C16H30O9/c1-17-9-7-23-15(13(21-5)11(9)19-3)25-16-14(22-6)12(20-4)10(18-2)8-24-16/h9-16H,7-8H2,1-6H3. The third-order valence-electron chi connectivity index (χ3n) is 4.73. The van der Waals surface area contributed by atoms with Crippen molar-refractivity contribution in [3.8, 4) is 0 Å². The van der Waals surface area contributed by atoms with Crippen molar-refractivity contribution in [3.05, 3.63) is 0 Å². The molecule has 8 atom stereocenters. The first kappa shape index (κ1) is 20.9. The van der Waals surface area contributed by atoms with Gasteiger partial charge >= 0.3 is 0 Å². The van der Waals surface area contributed by atoms with Crippen LogP contribution in [0, 0.1) is 0 Å². The van der Waals surface area contributed by atoms with E-state index in [1.54, 1.807) is 42.7 Å². The first-order chi connectivity index (χ1) is 12.1. The van der Waals surface area contributed by atoms with Crippen LogP contribution in [-0.4, -0.2) is 105 Å². The Morgan fingerprint density at radius 2 is 0.880 bits per heavy atom. The number of rotatable bonds is 8. The summed E-state index contributed by atoms with van der Waals surface area (Å²) in [6.45, 7) is 0.636. The van der Waals surface area contributed by atoms with Crippen LogP contribution in [0.3, 0.4) is 0 Å². The lowest BCUT2D eigenvalue weighted by Gasteiger charge is -2.44. The van der Waals surface area contributed by atoms with Crippen LogP contribution in [0.15, 0.2) is 0 Å². The lowest BCUT2D eigenvalue weighted by molar-refractivity contribution is -0.359. The maximum atomic E-state index is 6.02. The normalized spacial score (nSPS) is 42.5. The molecular formula is C16H30O9. The Kier molecular flexibility index (Phi) is 8.46. The second kappa shape index (κ2) is 10.1. The van der Waals surface area contributed by atoms with Gasteiger partial charge < -0.3 is 42.6 Å². The number of ether oxygens (including phenoxy) is 9. The lowest BCUT2D eigenvalue weighted by Crippen LogP contribution is -2.61. The molecule has 9 nitrogen and oxygen atoms in total. The second-order valence-corrected chi connectivity index (χ2v) is 5.89. The van der Waals surface area contributed by atoms with E-state index in [4.69, 9.17) is 42.6 Å². The van der Waals surface area contributed by atoms with Crippen LogP contribution in [-0.2, 0) is 42.6 Å². The van der Waals surface area contributed by atoms with Crippen molar-refractivity contribution in [1.82, 2.24) is 0 Å². The van der Waals surface area contributed by atoms with Crippen LogP contribution in [0.2, 0.25) is 0 Å². The maximum absolute atomic E-state index is 6.02. The fourth-order valence-electron chi connectivity index (χ4n) is 3.32. The van der Waals surface area contributed by atoms with Gasteiger partial charge in [0.1, 0.15) is 36.6 Å². The molecule has 0 amide bonds. The molecule has 25 heavy (non-hydrogen) atoms. The molecule has 148 valence electrons. The molecule has 0 spiro atoms. The van der Waals surface area contributed by atoms with E-state index in [9.17, 15) is 0 Å². The van der Waals surface area contributed by atoms with Crippen molar-refractivity contribution < 1.29 is 42.6 Å². The quantitative estimate of drug-likeness (QED) is 0.580. The minimum absolute atomic E-state index is 0.245. The van der Waals surface area contributed by atoms with Gasteiger partial charge in [0.15, 0.2) is 12.6 Å². The molecule has 0 aromatic heterocycles. The van der Waals surface area contributed by atoms with Crippen molar-refractivity contribution in [2.45, 2.75) is 49.2 Å². The summed E-state index contributed by atoms with van der Waals surface area (Å²) in [6.07, 6.45) is -3.50. The molecule has 0 radical (unpaired) electrons. The van der Waals surface area contributed by atoms with E-state index in [1.165, 1.54) is 0 Å². The van der Waals surface area contributed by atoms with E-state index in [0.717, 1.165) is 0 Å². The van der Waals surface area contributed by atoms with Crippen molar-refractivity contribution in [1.29, 1.82) is 0 Å². The molecule has 2 fully saturated rings. The maximum Gasteiger partial charge on any atom is 0.189 e. The van der Waals surface area contributed by atoms with Gasteiger partial charge in [-0.3, -0.25) is 0 Å². The predicted molar refractivity (Wildman–Crippen MR) is 85.3 cm³/mol. The summed E-state index contributed by atoms with van der Waals surface area (Å²) < 4.78 is 50.5. The molecule has 2 aliphatic rings. The zero-order valence-corrected chi connectivity index (χ0v) is 15.7. The number of methoxy groups -OCH3 is 6. The summed E-state index contributed by atoms with van der Waals surface area (Å²) in [6, 6.07) is 0. The highest BCUT2D eigenvalue weighted by molar-refractivity contribution is 4.90. The Morgan fingerprint density at radius 3 is 1.16 bits per heavy atom. The van der Waals surface area contributed by atoms with Gasteiger partial charge in [0.25, 0.3) is 0 Å². The van der Waals surface area contributed by atoms with Crippen molar-refractivity contribution >= 4 is 0 Å². The van der Waals surface area contributed by atoms with Crippen LogP contribution in [0.25, 0.3) is 0 Å². The zero-order chi connectivity index (χ0) is 18.4. The largest absolute Gasteiger partial charge is 0.376 e. The summed E-state index contributed by atoms with van der Waals surface area (Å²) in [5, 5.41) is 0. The topological polar surface area (TPSA) is 83.1 Å². The van der Waals surface area contributed by atoms with Crippen LogP contribution < -0.4 is 0 Å². The molecule has 2 heterocycles. The molecule has 2 saturated heterocycles. The average Bonchev–Trinajstić information content (AvgIpc) is 2.66. The number of hydrogen-bond donors (Lipinski definition) is 0. The molecule has 2 aliphatic heterocycles. The summed E-state index contributed by atoms with van der Waals surface area (Å²) in [7, 11) is 9.56. The predicted octanol–water partition coefficient (Wildman–Crippen LogP) is -0.194. The molecule has 0 aromatic rings. The first-order valence-electron chi connectivity index (χ1n) is 8.20. The van der Waals surface area contributed by atoms with Crippen LogP contribution in [0.4, 0.5) is 0 Å². The molecule has 9 heteroatoms. The van der Waals surface area contributed by atoms with E-state index >= 15 is 0 Å². The highest BCUT2D eigenvalue weighted by Crippen LogP contribution is 2.29. The van der Waals surface area contributed by atoms with Crippen molar-refractivity contribution in [2.24, 2.45) is 0 Å². The minimum Gasteiger partial charge on any atom is -0.376 e. The Hall–Kier alpha value is -0.360. The summed E-state index contributed by atoms with van der Waals surface area (Å²) in [5.74, 6) is 0. The van der Waals surface area contributed by atoms with Gasteiger partial charge in [-0.2, -0.15) is 0 Å². The first-order valence-corrected chi connectivity index (χ1v) is 8.20. The third-order valence-corrected chi connectivity index (χ3v) is 4.73. The Morgan fingerprint density at radius 1 is 0.520 bits per heavy atom. The van der Waals surface area contributed by atoms with Gasteiger partial charge in [0.05, 0.1) is 13.2 Å². The fraction of sp³-hybridized carbons (Fsp3) is 1.00. The van der Waals surface area contributed by atoms with E-state index < -0.39 is 24.8 Å². The summed E-state index contributed by atoms with van der Waals surface area (Å²) >= 11 is 0. The average molecular weight is 366 g/mol. The van der Waals surface area contributed by atoms with Gasteiger partial charge in [0.2, 0.25) is 0 Å². The Balaban J connectivity index is 2.08. The van der Waals surface area contributed by atoms with Gasteiger partial charge in [-0.1, -0.05) is 0 Å². The molecule has 0 aromatic carbocycles. The highest BCUT2D eigenvalue weighted by atomic mass is 16.8. The molecule has 0 bridgehead atoms. The lowest BCUT2D eigenvalue weighted by atomic mass is 10.0. The van der Waals surface area contributed by atoms with Gasteiger partial charge in [-0.25, -0.2) is 0 Å². The minimum atomic E-state index is -0.694. The van der Waals surface area contributed by atoms with Gasteiger partial charge in [-0.05, 0) is 0 Å². The Labute approximate surface area is 148 Å². The fourth-order valence-corrected chi connectivity index (χ4v) is 3.32. The number of hydrogen-bond acceptors (Lipinski definition) is 9. The van der Waals surface area contributed by atoms with Crippen molar-refractivity contribution in [3.63, 3.8) is 0 Å². The van der Waals surface area contributed by atoms with Gasteiger partial charge in [-0.15, -0.1) is 0 Å². The van der Waals surface area contributed by atoms with Crippen LogP contribution >= 0.6 is 0 Å². The van der Waals surface area contributed by atoms with Crippen molar-refractivity contribution in [2.75, 3.05) is 55.9 Å². The third kappa shape index (κ3) is 4.49. The van der Waals surface area contributed by atoms with E-state index in [-0.39, 0.29) is 24.4 Å². The van der Waals surface area contributed by atoms with Gasteiger partial charge in [0, 0.05) is 42.7 Å². The summed E-state index contributed by atoms with van der Waals surface area (Å²) in [4.78, 5) is 0. The molecule has 0 saturated carbocycles. The SMILES string of the molecule is COC1COC(OC2OCC(OC)C(OC)C2OC)C(OC)C1OC. The van der Waals surface area contributed by atoms with E-state index in [2.05, 4.69) is 0 Å². The molecule has 0 aliphatic carbocycles. The molecule has 8 unspecified atom stereocenters. The monoisotopic (exact) mass is 366 g/mol. The molecule has 2 rings (SSSR count). The van der Waals surface area contributed by atoms with E-state index in [0.29, 0.717) is 13.2 Å². The molecular weight excluding hydrogens is 336 g/mol. The zero-order valence-electron chi connectivity index (χ0n) is 15.7. The van der Waals surface area contributed by atoms with E-state index in [1.807, 2.05) is 0 Å². The van der Waals surface area contributed by atoms with Crippen LogP contribution in [0.5, 0.6) is 0 Å². The van der Waals surface area contributed by atoms with Crippen LogP contribution in [0.1, 0.15) is 0 Å². The highest BCUT2D eigenvalue weighted by Gasteiger charge is 2.47. The molecule has 0 N–H and O–H groups in total. The summed E-state index contributed by atoms with van der Waals surface area (Å²) in [5.41, 5.74) is 0. The second-order valence-electron chi connectivity index (χ2n) is 5.89.